The number of carbonyl (C=O) groups is 1. The van der Waals surface area contributed by atoms with E-state index < -0.39 is 24.1 Å². The van der Waals surface area contributed by atoms with Crippen LogP contribution in [0, 0.1) is 13.8 Å². The van der Waals surface area contributed by atoms with Gasteiger partial charge in [0.2, 0.25) is 5.91 Å². The van der Waals surface area contributed by atoms with Crippen molar-refractivity contribution in [2.45, 2.75) is 51.8 Å². The van der Waals surface area contributed by atoms with Crippen LogP contribution in [0.15, 0.2) is 0 Å². The Kier molecular flexibility index (Phi) is 5.07. The molecule has 4 nitrogen and oxygen atoms in total. The largest absolute Gasteiger partial charge is 0.408 e. The van der Waals surface area contributed by atoms with Crippen LogP contribution in [0.4, 0.5) is 13.2 Å². The number of hydrogen-bond acceptors (Lipinski definition) is 2. The number of nitrogens with one attached hydrogen (secondary N) is 1. The Balaban J connectivity index is 2.99. The first-order chi connectivity index (χ1) is 9.03. The third-order valence-electron chi connectivity index (χ3n) is 2.92. The Morgan fingerprint density at radius 2 is 1.95 bits per heavy atom. The molecule has 1 amide bonds. The molecule has 0 aliphatic heterocycles. The van der Waals surface area contributed by atoms with Crippen LogP contribution in [0.25, 0.3) is 0 Å². The average molecular weight is 312 g/mol. The highest BCUT2D eigenvalue weighted by Gasteiger charge is 2.31. The van der Waals surface area contributed by atoms with Gasteiger partial charge in [-0.2, -0.15) is 18.3 Å². The summed E-state index contributed by atoms with van der Waals surface area (Å²) < 4.78 is 38.2. The van der Waals surface area contributed by atoms with Crippen LogP contribution >= 0.6 is 11.6 Å². The molecule has 1 heterocycles. The fourth-order valence-electron chi connectivity index (χ4n) is 2.06. The maximum absolute atomic E-state index is 12.4. The topological polar surface area (TPSA) is 46.9 Å². The highest BCUT2D eigenvalue weighted by molar-refractivity contribution is 6.30. The van der Waals surface area contributed by atoms with Crippen LogP contribution in [-0.2, 0) is 11.3 Å². The molecule has 1 N–H and O–H groups in total. The summed E-state index contributed by atoms with van der Waals surface area (Å²) >= 11 is 5.65. The lowest BCUT2D eigenvalue weighted by Gasteiger charge is -2.16. The molecule has 1 rings (SSSR count). The van der Waals surface area contributed by atoms with Crippen LogP contribution in [0.3, 0.4) is 0 Å². The first-order valence-corrected chi connectivity index (χ1v) is 6.51. The molecular weight excluding hydrogens is 295 g/mol. The number of halogens is 4. The van der Waals surface area contributed by atoms with E-state index in [1.807, 2.05) is 0 Å². The molecule has 0 radical (unpaired) electrons. The number of hydrogen-bond donors (Lipinski definition) is 1. The third-order valence-corrected chi connectivity index (χ3v) is 3.12. The monoisotopic (exact) mass is 311 g/mol. The molecule has 0 saturated carbocycles. The van der Waals surface area contributed by atoms with Crippen molar-refractivity contribution in [3.63, 3.8) is 0 Å². The lowest BCUT2D eigenvalue weighted by atomic mass is 10.1. The lowest BCUT2D eigenvalue weighted by Crippen LogP contribution is -2.32. The van der Waals surface area contributed by atoms with Gasteiger partial charge in [-0.05, 0) is 27.7 Å². The minimum absolute atomic E-state index is 0.374. The molecule has 8 heteroatoms. The van der Waals surface area contributed by atoms with Crippen LogP contribution in [-0.4, -0.2) is 27.2 Å². The fourth-order valence-corrected chi connectivity index (χ4v) is 2.12. The first-order valence-electron chi connectivity index (χ1n) is 6.08. The maximum atomic E-state index is 12.4. The van der Waals surface area contributed by atoms with Gasteiger partial charge < -0.3 is 5.32 Å². The molecule has 20 heavy (non-hydrogen) atoms. The van der Waals surface area contributed by atoms with Crippen molar-refractivity contribution in [3.8, 4) is 0 Å². The zero-order chi connectivity index (χ0) is 15.7. The molecule has 2 unspecified atom stereocenters. The van der Waals surface area contributed by atoms with E-state index in [2.05, 4.69) is 10.4 Å². The predicted molar refractivity (Wildman–Crippen MR) is 69.6 cm³/mol. The molecule has 0 aliphatic rings. The summed E-state index contributed by atoms with van der Waals surface area (Å²) in [5.74, 6) is -0.374. The molecule has 0 aromatic carbocycles. The van der Waals surface area contributed by atoms with Gasteiger partial charge in [-0.25, -0.2) is 0 Å². The second kappa shape index (κ2) is 6.03. The van der Waals surface area contributed by atoms with E-state index in [0.717, 1.165) is 4.68 Å². The Bertz CT molecular complexity index is 497. The van der Waals surface area contributed by atoms with Gasteiger partial charge in [0, 0.05) is 11.3 Å². The van der Waals surface area contributed by atoms with Crippen LogP contribution < -0.4 is 5.32 Å². The number of aromatic nitrogens is 2. The molecule has 2 atom stereocenters. The van der Waals surface area contributed by atoms with Crippen LogP contribution in [0.5, 0.6) is 0 Å². The van der Waals surface area contributed by atoms with Gasteiger partial charge >= 0.3 is 6.18 Å². The Morgan fingerprint density at radius 1 is 1.40 bits per heavy atom. The fraction of sp³-hybridized carbons (Fsp3) is 0.667. The molecule has 0 saturated heterocycles. The zero-order valence-corrected chi connectivity index (χ0v) is 12.4. The van der Waals surface area contributed by atoms with Gasteiger partial charge in [0.25, 0.3) is 0 Å². The number of rotatable bonds is 4. The third kappa shape index (κ3) is 4.13. The smallest absolute Gasteiger partial charge is 0.348 e. The molecular formula is C12H17ClF3N3O. The second-order valence-corrected chi connectivity index (χ2v) is 5.36. The number of aryl methyl sites for hydroxylation is 1. The van der Waals surface area contributed by atoms with Gasteiger partial charge in [0.1, 0.15) is 11.9 Å². The molecule has 114 valence electrons. The lowest BCUT2D eigenvalue weighted by molar-refractivity contribution is -0.143. The summed E-state index contributed by atoms with van der Waals surface area (Å²) in [5, 5.41) is 5.82. The van der Waals surface area contributed by atoms with E-state index in [9.17, 15) is 18.0 Å². The van der Waals surface area contributed by atoms with E-state index in [1.54, 1.807) is 20.8 Å². The van der Waals surface area contributed by atoms with E-state index in [-0.39, 0.29) is 5.91 Å². The van der Waals surface area contributed by atoms with E-state index in [0.29, 0.717) is 17.0 Å². The van der Waals surface area contributed by atoms with E-state index in [1.165, 1.54) is 6.92 Å². The number of carbonyl (C=O) groups excluding carboxylic acids is 1. The zero-order valence-electron chi connectivity index (χ0n) is 11.7. The molecule has 0 spiro atoms. The highest BCUT2D eigenvalue weighted by Crippen LogP contribution is 2.25. The summed E-state index contributed by atoms with van der Waals surface area (Å²) in [6, 6.07) is -0.453. The molecule has 0 bridgehead atoms. The van der Waals surface area contributed by atoms with Crippen molar-refractivity contribution in [2.75, 3.05) is 0 Å². The normalized spacial score (nSPS) is 15.0. The van der Waals surface area contributed by atoms with E-state index in [4.69, 9.17) is 11.6 Å². The number of nitrogens with zero attached hydrogens (tertiary/aromatic N) is 2. The average Bonchev–Trinajstić information content (AvgIpc) is 2.51. The van der Waals surface area contributed by atoms with E-state index >= 15 is 0 Å². The summed E-state index contributed by atoms with van der Waals surface area (Å²) in [7, 11) is 0. The van der Waals surface area contributed by atoms with Crippen LogP contribution in [0.2, 0.25) is 0 Å². The molecule has 0 aliphatic carbocycles. The second-order valence-electron chi connectivity index (χ2n) is 4.70. The van der Waals surface area contributed by atoms with Crippen molar-refractivity contribution < 1.29 is 18.0 Å². The highest BCUT2D eigenvalue weighted by atomic mass is 35.5. The van der Waals surface area contributed by atoms with Crippen molar-refractivity contribution in [1.82, 2.24) is 15.1 Å². The Hall–Kier alpha value is -1.24. The van der Waals surface area contributed by atoms with Gasteiger partial charge in [-0.3, -0.25) is 9.48 Å². The summed E-state index contributed by atoms with van der Waals surface area (Å²) in [6.45, 7) is 5.23. The van der Waals surface area contributed by atoms with Crippen molar-refractivity contribution >= 4 is 17.5 Å². The summed E-state index contributed by atoms with van der Waals surface area (Å²) in [4.78, 5) is 11.5. The minimum Gasteiger partial charge on any atom is -0.348 e. The van der Waals surface area contributed by atoms with Gasteiger partial charge in [0.05, 0.1) is 11.7 Å². The standard InChI is InChI=1S/C12H17ClF3N3O/c1-6(13)11(20)17-7(2)10-8(3)18-19(9(10)4)5-12(14,15)16/h6-7H,5H2,1-4H3,(H,17,20). The Morgan fingerprint density at radius 3 is 2.40 bits per heavy atom. The molecule has 1 aromatic rings. The minimum atomic E-state index is -4.34. The van der Waals surface area contributed by atoms with Gasteiger partial charge in [0.15, 0.2) is 0 Å². The van der Waals surface area contributed by atoms with Crippen molar-refractivity contribution in [2.24, 2.45) is 0 Å². The Labute approximate surface area is 120 Å². The molecule has 0 fully saturated rings. The van der Waals surface area contributed by atoms with Crippen molar-refractivity contribution in [1.29, 1.82) is 0 Å². The maximum Gasteiger partial charge on any atom is 0.408 e. The predicted octanol–water partition coefficient (Wildman–Crippen LogP) is 2.87. The van der Waals surface area contributed by atoms with Crippen LogP contribution in [0.1, 0.15) is 36.8 Å². The SMILES string of the molecule is Cc1nn(CC(F)(F)F)c(C)c1C(C)NC(=O)C(C)Cl. The number of amides is 1. The quantitative estimate of drug-likeness (QED) is 0.869. The summed E-state index contributed by atoms with van der Waals surface area (Å²) in [6.07, 6.45) is -4.34. The molecule has 1 aromatic heterocycles. The number of alkyl halides is 4. The first kappa shape index (κ1) is 16.8. The summed E-state index contributed by atoms with van der Waals surface area (Å²) in [5.41, 5.74) is 1.43. The van der Waals surface area contributed by atoms with Crippen molar-refractivity contribution in [3.05, 3.63) is 17.0 Å². The van der Waals surface area contributed by atoms with Gasteiger partial charge in [-0.15, -0.1) is 11.6 Å². The van der Waals surface area contributed by atoms with Gasteiger partial charge in [-0.1, -0.05) is 0 Å².